The van der Waals surface area contributed by atoms with E-state index in [2.05, 4.69) is 17.2 Å². The van der Waals surface area contributed by atoms with Crippen molar-refractivity contribution in [1.82, 2.24) is 13.9 Å². The van der Waals surface area contributed by atoms with Crippen molar-refractivity contribution in [3.63, 3.8) is 0 Å². The second kappa shape index (κ2) is 10.3. The molecule has 2 aromatic carbocycles. The van der Waals surface area contributed by atoms with Gasteiger partial charge < -0.3 is 5.32 Å². The Morgan fingerprint density at radius 2 is 1.75 bits per heavy atom. The van der Waals surface area contributed by atoms with Gasteiger partial charge in [-0.15, -0.1) is 11.3 Å². The average Bonchev–Trinajstić information content (AvgIpc) is 3.31. The lowest BCUT2D eigenvalue weighted by molar-refractivity contribution is -0.119. The topological polar surface area (TPSA) is 101 Å². The fourth-order valence-corrected chi connectivity index (χ4v) is 5.76. The highest BCUT2D eigenvalue weighted by Crippen LogP contribution is 2.31. The Balaban J connectivity index is 1.64. The van der Waals surface area contributed by atoms with E-state index in [1.54, 1.807) is 0 Å². The Kier molecular flexibility index (Phi) is 7.39. The lowest BCUT2D eigenvalue weighted by atomic mass is 10.0. The lowest BCUT2D eigenvalue weighted by Crippen LogP contribution is -2.33. The third-order valence-corrected chi connectivity index (χ3v) is 8.83. The standard InChI is InChI=1S/C26H28N4O4S2/c1-5-17-7-9-18(10-8-17)21-15-35-25-23(21)26(32)30(16-27-25)22(6-2)24(31)28-19-11-13-20(14-12-19)36(33,34)29(3)4/h7-16,22H,5-6H2,1-4H3,(H,28,31). The van der Waals surface area contributed by atoms with Gasteiger partial charge in [0.1, 0.15) is 10.9 Å². The van der Waals surface area contributed by atoms with Crippen LogP contribution in [-0.4, -0.2) is 42.3 Å². The van der Waals surface area contributed by atoms with Crippen molar-refractivity contribution in [1.29, 1.82) is 0 Å². The summed E-state index contributed by atoms with van der Waals surface area (Å²) in [4.78, 5) is 31.9. The summed E-state index contributed by atoms with van der Waals surface area (Å²) < 4.78 is 27.1. The number of amides is 1. The van der Waals surface area contributed by atoms with E-state index in [-0.39, 0.29) is 16.4 Å². The maximum absolute atomic E-state index is 13.6. The molecule has 0 saturated heterocycles. The quantitative estimate of drug-likeness (QED) is 0.365. The van der Waals surface area contributed by atoms with Crippen LogP contribution in [0.25, 0.3) is 21.3 Å². The minimum Gasteiger partial charge on any atom is -0.324 e. The fraction of sp³-hybridized carbons (Fsp3) is 0.269. The molecule has 1 atom stereocenters. The van der Waals surface area contributed by atoms with E-state index in [0.717, 1.165) is 21.9 Å². The molecule has 1 unspecified atom stereocenters. The van der Waals surface area contributed by atoms with E-state index in [1.165, 1.54) is 66.2 Å². The number of aromatic nitrogens is 2. The van der Waals surface area contributed by atoms with Crippen LogP contribution < -0.4 is 10.9 Å². The summed E-state index contributed by atoms with van der Waals surface area (Å²) in [6, 6.07) is 13.2. The number of aryl methyl sites for hydroxylation is 1. The zero-order chi connectivity index (χ0) is 26.0. The molecule has 0 aliphatic rings. The Morgan fingerprint density at radius 3 is 2.33 bits per heavy atom. The summed E-state index contributed by atoms with van der Waals surface area (Å²) in [5.41, 5.74) is 3.11. The second-order valence-corrected chi connectivity index (χ2v) is 11.6. The summed E-state index contributed by atoms with van der Waals surface area (Å²) >= 11 is 1.40. The first kappa shape index (κ1) is 25.7. The van der Waals surface area contributed by atoms with E-state index >= 15 is 0 Å². The van der Waals surface area contributed by atoms with Crippen molar-refractivity contribution in [2.45, 2.75) is 37.6 Å². The minimum atomic E-state index is -3.57. The van der Waals surface area contributed by atoms with Crippen LogP contribution in [0.5, 0.6) is 0 Å². The summed E-state index contributed by atoms with van der Waals surface area (Å²) in [6.07, 6.45) is 2.73. The van der Waals surface area contributed by atoms with Gasteiger partial charge in [-0.2, -0.15) is 0 Å². The predicted octanol–water partition coefficient (Wildman–Crippen LogP) is 4.53. The summed E-state index contributed by atoms with van der Waals surface area (Å²) in [5, 5.41) is 5.22. The highest BCUT2D eigenvalue weighted by atomic mass is 32.2. The van der Waals surface area contributed by atoms with E-state index in [9.17, 15) is 18.0 Å². The van der Waals surface area contributed by atoms with Crippen molar-refractivity contribution >= 4 is 43.2 Å². The largest absolute Gasteiger partial charge is 0.324 e. The van der Waals surface area contributed by atoms with Gasteiger partial charge in [0.15, 0.2) is 0 Å². The van der Waals surface area contributed by atoms with Crippen LogP contribution >= 0.6 is 11.3 Å². The summed E-state index contributed by atoms with van der Waals surface area (Å²) in [5.74, 6) is -0.381. The molecule has 1 amide bonds. The van der Waals surface area contributed by atoms with Crippen molar-refractivity contribution in [3.8, 4) is 11.1 Å². The van der Waals surface area contributed by atoms with Gasteiger partial charge in [-0.25, -0.2) is 17.7 Å². The van der Waals surface area contributed by atoms with Crippen LogP contribution in [0.4, 0.5) is 5.69 Å². The number of anilines is 1. The average molecular weight is 525 g/mol. The molecule has 0 aliphatic carbocycles. The van der Waals surface area contributed by atoms with Crippen LogP contribution in [0, 0.1) is 0 Å². The zero-order valence-corrected chi connectivity index (χ0v) is 22.2. The molecular formula is C26H28N4O4S2. The number of nitrogens with zero attached hydrogens (tertiary/aromatic N) is 3. The number of benzene rings is 2. The van der Waals surface area contributed by atoms with Gasteiger partial charge in [-0.3, -0.25) is 14.2 Å². The van der Waals surface area contributed by atoms with E-state index in [0.29, 0.717) is 22.3 Å². The predicted molar refractivity (Wildman–Crippen MR) is 144 cm³/mol. The van der Waals surface area contributed by atoms with Gasteiger partial charge in [0, 0.05) is 30.7 Å². The molecule has 0 aliphatic heterocycles. The molecule has 36 heavy (non-hydrogen) atoms. The molecule has 10 heteroatoms. The first-order chi connectivity index (χ1) is 17.2. The molecule has 0 saturated carbocycles. The Bertz CT molecular complexity index is 1550. The van der Waals surface area contributed by atoms with Gasteiger partial charge in [-0.1, -0.05) is 38.1 Å². The minimum absolute atomic E-state index is 0.125. The zero-order valence-electron chi connectivity index (χ0n) is 20.6. The summed E-state index contributed by atoms with van der Waals surface area (Å²) in [6.45, 7) is 3.92. The molecule has 1 N–H and O–H groups in total. The molecule has 4 aromatic rings. The van der Waals surface area contributed by atoms with Crippen molar-refractivity contribution in [2.75, 3.05) is 19.4 Å². The van der Waals surface area contributed by atoms with Crippen LogP contribution in [0.2, 0.25) is 0 Å². The molecule has 0 fully saturated rings. The first-order valence-electron chi connectivity index (χ1n) is 11.6. The van der Waals surface area contributed by atoms with E-state index in [1.807, 2.05) is 36.6 Å². The van der Waals surface area contributed by atoms with Crippen molar-refractivity contribution in [3.05, 3.63) is 76.2 Å². The monoisotopic (exact) mass is 524 g/mol. The Morgan fingerprint density at radius 1 is 1.08 bits per heavy atom. The second-order valence-electron chi connectivity index (χ2n) is 8.56. The maximum atomic E-state index is 13.6. The number of rotatable bonds is 8. The SMILES string of the molecule is CCc1ccc(-c2csc3ncn(C(CC)C(=O)Nc4ccc(S(=O)(=O)N(C)C)cc4)c(=O)c23)cc1. The van der Waals surface area contributed by atoms with Crippen LogP contribution in [0.15, 0.2) is 69.9 Å². The van der Waals surface area contributed by atoms with Crippen LogP contribution in [0.1, 0.15) is 31.9 Å². The molecular weight excluding hydrogens is 496 g/mol. The molecule has 0 spiro atoms. The van der Waals surface area contributed by atoms with Crippen molar-refractivity contribution in [2.24, 2.45) is 0 Å². The summed E-state index contributed by atoms with van der Waals surface area (Å²) in [7, 11) is -0.656. The van der Waals surface area contributed by atoms with E-state index in [4.69, 9.17) is 0 Å². The molecule has 0 bridgehead atoms. The molecule has 188 valence electrons. The van der Waals surface area contributed by atoms with Crippen LogP contribution in [-0.2, 0) is 21.2 Å². The number of thiophene rings is 1. The number of fused-ring (bicyclic) bond motifs is 1. The normalized spacial score (nSPS) is 12.7. The highest BCUT2D eigenvalue weighted by Gasteiger charge is 2.23. The molecule has 2 heterocycles. The third-order valence-electron chi connectivity index (χ3n) is 6.12. The number of hydrogen-bond acceptors (Lipinski definition) is 6. The fourth-order valence-electron chi connectivity index (χ4n) is 3.96. The first-order valence-corrected chi connectivity index (χ1v) is 13.9. The molecule has 0 radical (unpaired) electrons. The van der Waals surface area contributed by atoms with Gasteiger partial charge in [0.2, 0.25) is 15.9 Å². The Labute approximate surface area is 214 Å². The van der Waals surface area contributed by atoms with Gasteiger partial charge in [0.05, 0.1) is 16.6 Å². The Hall–Kier alpha value is -3.34. The highest BCUT2D eigenvalue weighted by molar-refractivity contribution is 7.89. The van der Waals surface area contributed by atoms with Gasteiger partial charge in [0.25, 0.3) is 5.56 Å². The van der Waals surface area contributed by atoms with E-state index < -0.39 is 16.1 Å². The van der Waals surface area contributed by atoms with Gasteiger partial charge >= 0.3 is 0 Å². The van der Waals surface area contributed by atoms with Gasteiger partial charge in [-0.05, 0) is 48.2 Å². The number of carbonyl (C=O) groups excluding carboxylic acids is 1. The molecule has 2 aromatic heterocycles. The number of nitrogens with one attached hydrogen (secondary N) is 1. The maximum Gasteiger partial charge on any atom is 0.263 e. The third kappa shape index (κ3) is 4.84. The smallest absolute Gasteiger partial charge is 0.263 e. The lowest BCUT2D eigenvalue weighted by Gasteiger charge is -2.18. The van der Waals surface area contributed by atoms with Crippen molar-refractivity contribution < 1.29 is 13.2 Å². The number of hydrogen-bond donors (Lipinski definition) is 1. The number of carbonyl (C=O) groups is 1. The van der Waals surface area contributed by atoms with Crippen LogP contribution in [0.3, 0.4) is 0 Å². The number of sulfonamides is 1. The molecule has 8 nitrogen and oxygen atoms in total. The molecule has 4 rings (SSSR count).